The number of para-hydroxylation sites is 1. The minimum Gasteiger partial charge on any atom is -0.497 e. The van der Waals surface area contributed by atoms with Gasteiger partial charge in [0.1, 0.15) is 17.5 Å². The Morgan fingerprint density at radius 2 is 1.70 bits per heavy atom. The van der Waals surface area contributed by atoms with Gasteiger partial charge in [-0.3, -0.25) is 4.79 Å². The average molecular weight is 554 g/mol. The highest BCUT2D eigenvalue weighted by Gasteiger charge is 2.35. The van der Waals surface area contributed by atoms with Gasteiger partial charge in [-0.15, -0.1) is 0 Å². The largest absolute Gasteiger partial charge is 0.497 e. The summed E-state index contributed by atoms with van der Waals surface area (Å²) in [5.74, 6) is 1.55. The summed E-state index contributed by atoms with van der Waals surface area (Å²) in [6.45, 7) is 0.793. The Hall–Kier alpha value is -4.47. The molecular formula is C31H27N3O5S. The molecule has 1 atom stereocenters. The Labute approximate surface area is 232 Å². The van der Waals surface area contributed by atoms with Crippen LogP contribution >= 0.6 is 0 Å². The van der Waals surface area contributed by atoms with Gasteiger partial charge < -0.3 is 14.4 Å². The summed E-state index contributed by atoms with van der Waals surface area (Å²) in [5, 5.41) is 3.44. The molecule has 2 heterocycles. The molecule has 0 unspecified atom stereocenters. The van der Waals surface area contributed by atoms with Gasteiger partial charge >= 0.3 is 0 Å². The predicted molar refractivity (Wildman–Crippen MR) is 153 cm³/mol. The predicted octanol–water partition coefficient (Wildman–Crippen LogP) is 5.27. The number of carbonyl (C=O) groups is 1. The number of sulfonamides is 1. The molecule has 1 aliphatic rings. The van der Waals surface area contributed by atoms with E-state index in [9.17, 15) is 13.2 Å². The molecule has 202 valence electrons. The highest BCUT2D eigenvalue weighted by molar-refractivity contribution is 7.89. The Morgan fingerprint density at radius 1 is 0.900 bits per heavy atom. The molecule has 1 aromatic heterocycles. The van der Waals surface area contributed by atoms with E-state index < -0.39 is 16.1 Å². The maximum Gasteiger partial charge on any atom is 0.241 e. The van der Waals surface area contributed by atoms with Crippen LogP contribution in [-0.4, -0.2) is 43.9 Å². The zero-order valence-electron chi connectivity index (χ0n) is 21.8. The fourth-order valence-electron chi connectivity index (χ4n) is 4.95. The standard InChI is InChI=1S/C31H27N3O5S/c1-38-26-11-9-22-10-12-27(19-24(22)18-26)40(36,37)33-29-14-16-34(31(29)35)20-21-7-8-23-13-15-32-30(28(23)17-21)39-25-5-3-2-4-6-25/h2-13,15,17-19,29,33H,14,16,20H2,1H3/t29-/m1/s1. The normalized spacial score (nSPS) is 15.6. The molecule has 4 aromatic carbocycles. The Balaban J connectivity index is 1.18. The van der Waals surface area contributed by atoms with Gasteiger partial charge in [0.25, 0.3) is 0 Å². The first-order valence-corrected chi connectivity index (χ1v) is 14.4. The summed E-state index contributed by atoms with van der Waals surface area (Å²) in [6, 6.07) is 26.8. The van der Waals surface area contributed by atoms with E-state index in [0.29, 0.717) is 36.9 Å². The lowest BCUT2D eigenvalue weighted by Gasteiger charge is -2.18. The third-order valence-corrected chi connectivity index (χ3v) is 8.52. The van der Waals surface area contributed by atoms with Gasteiger partial charge in [-0.25, -0.2) is 13.4 Å². The van der Waals surface area contributed by atoms with Crippen molar-refractivity contribution in [3.05, 3.63) is 103 Å². The minimum absolute atomic E-state index is 0.104. The summed E-state index contributed by atoms with van der Waals surface area (Å²) in [5.41, 5.74) is 0.902. The van der Waals surface area contributed by atoms with E-state index in [2.05, 4.69) is 9.71 Å². The topological polar surface area (TPSA) is 97.8 Å². The lowest BCUT2D eigenvalue weighted by molar-refractivity contribution is -0.129. The van der Waals surface area contributed by atoms with Crippen LogP contribution in [0.3, 0.4) is 0 Å². The van der Waals surface area contributed by atoms with Crippen molar-refractivity contribution in [1.82, 2.24) is 14.6 Å². The molecule has 1 aliphatic heterocycles. The SMILES string of the molecule is COc1ccc2ccc(S(=O)(=O)N[C@@H]3CCN(Cc4ccc5ccnc(Oc6ccccc6)c5c4)C3=O)cc2c1. The molecule has 6 rings (SSSR count). The van der Waals surface area contributed by atoms with Crippen molar-refractivity contribution in [3.8, 4) is 17.4 Å². The van der Waals surface area contributed by atoms with Gasteiger partial charge in [0.2, 0.25) is 21.8 Å². The number of nitrogens with one attached hydrogen (secondary N) is 1. The van der Waals surface area contributed by atoms with Crippen LogP contribution < -0.4 is 14.2 Å². The third kappa shape index (κ3) is 5.21. The number of hydrogen-bond acceptors (Lipinski definition) is 6. The van der Waals surface area contributed by atoms with E-state index >= 15 is 0 Å². The van der Waals surface area contributed by atoms with Gasteiger partial charge in [-0.2, -0.15) is 4.72 Å². The van der Waals surface area contributed by atoms with Crippen LogP contribution in [0.1, 0.15) is 12.0 Å². The van der Waals surface area contributed by atoms with Crippen LogP contribution in [0.25, 0.3) is 21.5 Å². The van der Waals surface area contributed by atoms with Crippen molar-refractivity contribution >= 4 is 37.5 Å². The Morgan fingerprint density at radius 3 is 2.52 bits per heavy atom. The van der Waals surface area contributed by atoms with Crippen molar-refractivity contribution < 1.29 is 22.7 Å². The molecule has 8 nitrogen and oxygen atoms in total. The number of fused-ring (bicyclic) bond motifs is 2. The fourth-order valence-corrected chi connectivity index (χ4v) is 6.21. The number of rotatable bonds is 8. The maximum absolute atomic E-state index is 13.2. The van der Waals surface area contributed by atoms with E-state index in [1.165, 1.54) is 0 Å². The summed E-state index contributed by atoms with van der Waals surface area (Å²) in [6.07, 6.45) is 2.09. The fraction of sp³-hybridized carbons (Fsp3) is 0.161. The minimum atomic E-state index is -3.91. The highest BCUT2D eigenvalue weighted by Crippen LogP contribution is 2.30. The van der Waals surface area contributed by atoms with E-state index in [1.807, 2.05) is 66.7 Å². The molecular weight excluding hydrogens is 526 g/mol. The van der Waals surface area contributed by atoms with E-state index in [4.69, 9.17) is 9.47 Å². The zero-order valence-corrected chi connectivity index (χ0v) is 22.6. The lowest BCUT2D eigenvalue weighted by Crippen LogP contribution is -2.41. The smallest absolute Gasteiger partial charge is 0.241 e. The molecule has 0 spiro atoms. The Bertz CT molecular complexity index is 1830. The molecule has 0 bridgehead atoms. The average Bonchev–Trinajstić information content (AvgIpc) is 3.30. The molecule has 0 aliphatic carbocycles. The second kappa shape index (κ2) is 10.6. The summed E-state index contributed by atoms with van der Waals surface area (Å²) < 4.78 is 40.3. The summed E-state index contributed by atoms with van der Waals surface area (Å²) >= 11 is 0. The van der Waals surface area contributed by atoms with Gasteiger partial charge in [-0.1, -0.05) is 42.5 Å². The summed E-state index contributed by atoms with van der Waals surface area (Å²) in [7, 11) is -2.35. The number of methoxy groups -OCH3 is 1. The summed E-state index contributed by atoms with van der Waals surface area (Å²) in [4.78, 5) is 19.4. The maximum atomic E-state index is 13.2. The van der Waals surface area contributed by atoms with Gasteiger partial charge in [0, 0.05) is 24.7 Å². The molecule has 1 amide bonds. The first-order chi connectivity index (χ1) is 19.4. The third-order valence-electron chi connectivity index (χ3n) is 7.05. The van der Waals surface area contributed by atoms with Crippen molar-refractivity contribution in [1.29, 1.82) is 0 Å². The monoisotopic (exact) mass is 553 g/mol. The Kier molecular flexibility index (Phi) is 6.83. The van der Waals surface area contributed by atoms with Crippen molar-refractivity contribution in [2.75, 3.05) is 13.7 Å². The number of nitrogens with zero attached hydrogens (tertiary/aromatic N) is 2. The van der Waals surface area contributed by atoms with Crippen LogP contribution in [0.15, 0.2) is 102 Å². The number of hydrogen-bond donors (Lipinski definition) is 1. The number of aromatic nitrogens is 1. The molecule has 0 radical (unpaired) electrons. The molecule has 9 heteroatoms. The van der Waals surface area contributed by atoms with Crippen molar-refractivity contribution in [2.24, 2.45) is 0 Å². The molecule has 5 aromatic rings. The number of ether oxygens (including phenoxy) is 2. The zero-order chi connectivity index (χ0) is 27.7. The van der Waals surface area contributed by atoms with Crippen LogP contribution in [0, 0.1) is 0 Å². The molecule has 40 heavy (non-hydrogen) atoms. The number of likely N-dealkylation sites (tertiary alicyclic amines) is 1. The van der Waals surface area contributed by atoms with E-state index in [0.717, 1.165) is 27.1 Å². The molecule has 1 N–H and O–H groups in total. The van der Waals surface area contributed by atoms with Crippen molar-refractivity contribution in [2.45, 2.75) is 23.9 Å². The highest BCUT2D eigenvalue weighted by atomic mass is 32.2. The molecule has 1 saturated heterocycles. The van der Waals surface area contributed by atoms with E-state index in [-0.39, 0.29) is 10.8 Å². The number of pyridine rings is 1. The van der Waals surface area contributed by atoms with Crippen LogP contribution in [-0.2, 0) is 21.4 Å². The quantitative estimate of drug-likeness (QED) is 0.281. The van der Waals surface area contributed by atoms with Crippen molar-refractivity contribution in [3.63, 3.8) is 0 Å². The van der Waals surface area contributed by atoms with Crippen LogP contribution in [0.4, 0.5) is 0 Å². The molecule has 0 saturated carbocycles. The first-order valence-electron chi connectivity index (χ1n) is 12.9. The van der Waals surface area contributed by atoms with Gasteiger partial charge in [0.05, 0.1) is 12.0 Å². The number of amides is 1. The van der Waals surface area contributed by atoms with Gasteiger partial charge in [0.15, 0.2) is 0 Å². The van der Waals surface area contributed by atoms with Crippen LogP contribution in [0.2, 0.25) is 0 Å². The first kappa shape index (κ1) is 25.8. The number of benzene rings is 4. The van der Waals surface area contributed by atoms with Gasteiger partial charge in [-0.05, 0) is 76.7 Å². The second-order valence-electron chi connectivity index (χ2n) is 9.68. The molecule has 1 fully saturated rings. The van der Waals surface area contributed by atoms with Crippen LogP contribution in [0.5, 0.6) is 17.4 Å². The lowest BCUT2D eigenvalue weighted by atomic mass is 10.1. The van der Waals surface area contributed by atoms with E-state index in [1.54, 1.807) is 42.5 Å². The second-order valence-corrected chi connectivity index (χ2v) is 11.4. The number of carbonyl (C=O) groups excluding carboxylic acids is 1.